The van der Waals surface area contributed by atoms with Crippen LogP contribution in [0.1, 0.15) is 29.5 Å². The summed E-state index contributed by atoms with van der Waals surface area (Å²) in [4.78, 5) is 16.6. The molecule has 2 N–H and O–H groups in total. The molecule has 0 aromatic heterocycles. The first-order chi connectivity index (χ1) is 17.5. The molecular weight excluding hydrogens is 451 g/mol. The van der Waals surface area contributed by atoms with Crippen LogP contribution in [0.15, 0.2) is 78.9 Å². The number of amides is 2. The summed E-state index contributed by atoms with van der Waals surface area (Å²) in [7, 11) is 0. The number of carbonyl (C=O) groups excluding carboxylic acids is 1. The second kappa shape index (κ2) is 12.3. The molecule has 5 nitrogen and oxygen atoms in total. The van der Waals surface area contributed by atoms with Crippen LogP contribution in [-0.2, 0) is 12.8 Å². The van der Waals surface area contributed by atoms with Crippen molar-refractivity contribution in [1.82, 2.24) is 4.90 Å². The van der Waals surface area contributed by atoms with Crippen molar-refractivity contribution >= 4 is 11.7 Å². The highest BCUT2D eigenvalue weighted by molar-refractivity contribution is 5.91. The summed E-state index contributed by atoms with van der Waals surface area (Å²) in [5.41, 5.74) is 9.27. The minimum Gasteiger partial charge on any atom is -0.351 e. The van der Waals surface area contributed by atoms with Crippen LogP contribution in [0.2, 0.25) is 0 Å². The summed E-state index contributed by atoms with van der Waals surface area (Å²) >= 11 is 0. The third kappa shape index (κ3) is 6.93. The van der Waals surface area contributed by atoms with E-state index in [1.54, 1.807) is 23.1 Å². The van der Waals surface area contributed by atoms with Crippen molar-refractivity contribution < 1.29 is 9.18 Å². The van der Waals surface area contributed by atoms with Crippen LogP contribution in [-0.4, -0.2) is 36.6 Å². The number of benzene rings is 3. The van der Waals surface area contributed by atoms with Gasteiger partial charge in [0.15, 0.2) is 0 Å². The van der Waals surface area contributed by atoms with Crippen LogP contribution < -0.4 is 10.6 Å². The maximum atomic E-state index is 13.2. The van der Waals surface area contributed by atoms with Gasteiger partial charge in [0.05, 0.1) is 11.6 Å². The van der Waals surface area contributed by atoms with Gasteiger partial charge in [-0.15, -0.1) is 0 Å². The van der Waals surface area contributed by atoms with E-state index in [4.69, 9.17) is 5.73 Å². The Kier molecular flexibility index (Phi) is 8.70. The largest absolute Gasteiger partial charge is 0.351 e. The number of nitriles is 1. The van der Waals surface area contributed by atoms with E-state index in [1.165, 1.54) is 17.7 Å². The Balaban J connectivity index is 1.42. The number of hydrogen-bond donors (Lipinski definition) is 1. The van der Waals surface area contributed by atoms with Crippen LogP contribution in [0, 0.1) is 29.5 Å². The van der Waals surface area contributed by atoms with Crippen LogP contribution in [0.3, 0.4) is 0 Å². The van der Waals surface area contributed by atoms with Crippen molar-refractivity contribution in [2.24, 2.45) is 11.7 Å². The summed E-state index contributed by atoms with van der Waals surface area (Å²) in [5.74, 6) is 0.390. The third-order valence-electron chi connectivity index (χ3n) is 6.89. The zero-order chi connectivity index (χ0) is 25.3. The fraction of sp³-hybridized carbons (Fsp3) is 0.300. The fourth-order valence-corrected chi connectivity index (χ4v) is 4.94. The summed E-state index contributed by atoms with van der Waals surface area (Å²) in [5, 5.41) is 9.34. The van der Waals surface area contributed by atoms with E-state index in [2.05, 4.69) is 17.4 Å². The third-order valence-corrected chi connectivity index (χ3v) is 6.89. The summed E-state index contributed by atoms with van der Waals surface area (Å²) < 4.78 is 13.2. The quantitative estimate of drug-likeness (QED) is 0.446. The van der Waals surface area contributed by atoms with Gasteiger partial charge < -0.3 is 10.6 Å². The van der Waals surface area contributed by atoms with Crippen LogP contribution in [0.5, 0.6) is 0 Å². The molecule has 0 aliphatic carbocycles. The minimum atomic E-state index is -0.541. The van der Waals surface area contributed by atoms with Crippen molar-refractivity contribution in [2.75, 3.05) is 24.5 Å². The number of rotatable bonds is 9. The van der Waals surface area contributed by atoms with Gasteiger partial charge in [0.25, 0.3) is 0 Å². The van der Waals surface area contributed by atoms with Gasteiger partial charge in [0, 0.05) is 18.3 Å². The molecule has 1 aliphatic rings. The highest BCUT2D eigenvalue weighted by Gasteiger charge is 2.27. The molecule has 185 valence electrons. The number of nitrogens with zero attached hydrogens (tertiary/aromatic N) is 3. The van der Waals surface area contributed by atoms with Crippen LogP contribution in [0.4, 0.5) is 14.9 Å². The standard InChI is InChI=1S/C30H32FN4O/c31-27-11-9-24(10-12-27)19-25-13-16-34(17-14-25)18-15-29(20-23-5-2-1-3-6-23)35(30(33)36)28-8-4-7-26(21-28)22-32/h1-12,15,21,25,29H,13-14,16-20H2,(H2,33,36)/t29-/m0/s1. The molecule has 36 heavy (non-hydrogen) atoms. The summed E-state index contributed by atoms with van der Waals surface area (Å²) in [6.07, 6.45) is 5.93. The van der Waals surface area contributed by atoms with Crippen molar-refractivity contribution in [3.8, 4) is 6.07 Å². The molecule has 0 bridgehead atoms. The van der Waals surface area contributed by atoms with E-state index in [0.717, 1.165) is 44.5 Å². The molecule has 0 unspecified atom stereocenters. The number of hydrogen-bond acceptors (Lipinski definition) is 3. The number of likely N-dealkylation sites (tertiary alicyclic amines) is 1. The molecule has 6 heteroatoms. The second-order valence-electron chi connectivity index (χ2n) is 9.44. The second-order valence-corrected chi connectivity index (χ2v) is 9.44. The van der Waals surface area contributed by atoms with E-state index in [9.17, 15) is 14.4 Å². The molecule has 2 amide bonds. The Bertz CT molecular complexity index is 1170. The van der Waals surface area contributed by atoms with Gasteiger partial charge in [-0.2, -0.15) is 5.26 Å². The summed E-state index contributed by atoms with van der Waals surface area (Å²) in [6.45, 7) is 2.68. The smallest absolute Gasteiger partial charge is 0.319 e. The first-order valence-corrected chi connectivity index (χ1v) is 12.4. The lowest BCUT2D eigenvalue weighted by Crippen LogP contribution is -2.47. The Morgan fingerprint density at radius 1 is 1.06 bits per heavy atom. The zero-order valence-electron chi connectivity index (χ0n) is 20.4. The molecule has 0 saturated carbocycles. The molecule has 0 spiro atoms. The predicted molar refractivity (Wildman–Crippen MR) is 141 cm³/mol. The van der Waals surface area contributed by atoms with E-state index in [1.807, 2.05) is 48.5 Å². The highest BCUT2D eigenvalue weighted by Crippen LogP contribution is 2.25. The Hall–Kier alpha value is -3.69. The average Bonchev–Trinajstić information content (AvgIpc) is 2.90. The molecule has 1 heterocycles. The zero-order valence-corrected chi connectivity index (χ0v) is 20.4. The molecule has 1 fully saturated rings. The van der Waals surface area contributed by atoms with Gasteiger partial charge in [-0.25, -0.2) is 9.18 Å². The van der Waals surface area contributed by atoms with Gasteiger partial charge in [0.1, 0.15) is 5.82 Å². The normalized spacial score (nSPS) is 15.2. The van der Waals surface area contributed by atoms with Crippen molar-refractivity contribution in [3.05, 3.63) is 108 Å². The number of primary amides is 1. The van der Waals surface area contributed by atoms with Crippen LogP contribution >= 0.6 is 0 Å². The van der Waals surface area contributed by atoms with Gasteiger partial charge in [-0.1, -0.05) is 48.5 Å². The Morgan fingerprint density at radius 2 is 1.78 bits per heavy atom. The van der Waals surface area contributed by atoms with Crippen LogP contribution in [0.25, 0.3) is 0 Å². The molecular formula is C30H32FN4O. The number of carbonyl (C=O) groups is 1. The lowest BCUT2D eigenvalue weighted by molar-refractivity contribution is 0.193. The molecule has 1 saturated heterocycles. The van der Waals surface area contributed by atoms with Gasteiger partial charge >= 0.3 is 6.03 Å². The topological polar surface area (TPSA) is 73.4 Å². The maximum Gasteiger partial charge on any atom is 0.319 e. The first kappa shape index (κ1) is 25.4. The molecule has 1 radical (unpaired) electrons. The number of nitrogens with two attached hydrogens (primary N) is 1. The monoisotopic (exact) mass is 483 g/mol. The number of anilines is 1. The van der Waals surface area contributed by atoms with E-state index >= 15 is 0 Å². The number of halogens is 1. The van der Waals surface area contributed by atoms with E-state index < -0.39 is 6.03 Å². The first-order valence-electron chi connectivity index (χ1n) is 12.4. The maximum absolute atomic E-state index is 13.2. The average molecular weight is 484 g/mol. The van der Waals surface area contributed by atoms with Gasteiger partial charge in [-0.3, -0.25) is 4.90 Å². The van der Waals surface area contributed by atoms with E-state index in [0.29, 0.717) is 23.6 Å². The molecule has 3 aromatic carbocycles. The van der Waals surface area contributed by atoms with Gasteiger partial charge in [0.2, 0.25) is 0 Å². The minimum absolute atomic E-state index is 0.196. The lowest BCUT2D eigenvalue weighted by atomic mass is 9.90. The molecule has 1 aliphatic heterocycles. The Labute approximate surface area is 212 Å². The fourth-order valence-electron chi connectivity index (χ4n) is 4.94. The van der Waals surface area contributed by atoms with Crippen molar-refractivity contribution in [1.29, 1.82) is 5.26 Å². The predicted octanol–water partition coefficient (Wildman–Crippen LogP) is 5.35. The number of urea groups is 1. The van der Waals surface area contributed by atoms with Crippen molar-refractivity contribution in [3.63, 3.8) is 0 Å². The molecule has 3 aromatic rings. The molecule has 1 atom stereocenters. The van der Waals surface area contributed by atoms with Crippen molar-refractivity contribution in [2.45, 2.75) is 31.7 Å². The molecule has 4 rings (SSSR count). The lowest BCUT2D eigenvalue weighted by Gasteiger charge is -2.35. The summed E-state index contributed by atoms with van der Waals surface area (Å²) in [6, 6.07) is 25.2. The number of piperidine rings is 1. The van der Waals surface area contributed by atoms with E-state index in [-0.39, 0.29) is 11.9 Å². The Morgan fingerprint density at radius 3 is 2.44 bits per heavy atom. The SMILES string of the molecule is N#Cc1cccc(N(C(N)=O)[C@@H]([CH]CN2CCC(Cc3ccc(F)cc3)CC2)Cc2ccccc2)c1. The highest BCUT2D eigenvalue weighted by atomic mass is 19.1. The van der Waals surface area contributed by atoms with Gasteiger partial charge in [-0.05, 0) is 92.6 Å².